The summed E-state index contributed by atoms with van der Waals surface area (Å²) in [6.07, 6.45) is 45.7. The van der Waals surface area contributed by atoms with Gasteiger partial charge in [0.15, 0.2) is 0 Å². The average Bonchev–Trinajstić information content (AvgIpc) is 3.37. The lowest BCUT2D eigenvalue weighted by atomic mass is 10.1. The molecule has 0 spiro atoms. The Bertz CT molecular complexity index is 1270. The van der Waals surface area contributed by atoms with Crippen molar-refractivity contribution in [3.8, 4) is 0 Å². The van der Waals surface area contributed by atoms with Crippen molar-refractivity contribution in [2.45, 2.75) is 271 Å². The van der Waals surface area contributed by atoms with E-state index in [9.17, 15) is 19.8 Å². The quantitative estimate of drug-likeness (QED) is 0.0374. The molecule has 0 aliphatic carbocycles. The van der Waals surface area contributed by atoms with Crippen molar-refractivity contribution in [3.63, 3.8) is 0 Å². The molecule has 2 aromatic rings. The molecule has 0 aromatic heterocycles. The molecule has 2 aromatic carbocycles. The Hall–Kier alpha value is -2.00. The average molecular weight is 1010 g/mol. The second-order valence-electron chi connectivity index (χ2n) is 20.7. The molecule has 2 rings (SSSR count). The molecule has 8 heteroatoms. The van der Waals surface area contributed by atoms with Crippen LogP contribution in [-0.2, 0) is 0 Å². The molecule has 6 nitrogen and oxygen atoms in total. The number of aromatic carboxylic acids is 2. The summed E-state index contributed by atoms with van der Waals surface area (Å²) in [4.78, 5) is 23.0. The third-order valence-electron chi connectivity index (χ3n) is 14.3. The van der Waals surface area contributed by atoms with Crippen molar-refractivity contribution >= 4 is 33.5 Å². The highest BCUT2D eigenvalue weighted by atomic mass is 33.1. The van der Waals surface area contributed by atoms with Crippen molar-refractivity contribution in [3.05, 3.63) is 59.7 Å². The van der Waals surface area contributed by atoms with Crippen LogP contribution >= 0.6 is 21.6 Å². The van der Waals surface area contributed by atoms with Crippen LogP contribution in [0, 0.1) is 0 Å². The lowest BCUT2D eigenvalue weighted by Crippen LogP contribution is -2.50. The van der Waals surface area contributed by atoms with E-state index in [4.69, 9.17) is 0 Å². The third kappa shape index (κ3) is 35.2. The maximum atomic E-state index is 11.0. The van der Waals surface area contributed by atoms with E-state index in [1.807, 2.05) is 0 Å². The molecule has 0 amide bonds. The van der Waals surface area contributed by atoms with E-state index in [0.717, 1.165) is 21.6 Å². The van der Waals surface area contributed by atoms with Crippen molar-refractivity contribution in [2.75, 3.05) is 52.4 Å². The molecule has 70 heavy (non-hydrogen) atoms. The molecular weight excluding hydrogens is 901 g/mol. The van der Waals surface area contributed by atoms with Crippen molar-refractivity contribution in [1.29, 1.82) is 0 Å². The first-order valence-electron chi connectivity index (χ1n) is 29.7. The third-order valence-corrected chi connectivity index (χ3v) is 16.8. The van der Waals surface area contributed by atoms with Crippen LogP contribution in [0.15, 0.2) is 58.3 Å². The Morgan fingerprint density at radius 1 is 0.314 bits per heavy atom. The van der Waals surface area contributed by atoms with Gasteiger partial charge in [-0.3, -0.25) is 0 Å². The molecule has 0 atom stereocenters. The summed E-state index contributed by atoms with van der Waals surface area (Å²) in [5.41, 5.74) is 0.159. The second-order valence-corrected chi connectivity index (χ2v) is 22.9. The van der Waals surface area contributed by atoms with Gasteiger partial charge in [0.25, 0.3) is 0 Å². The van der Waals surface area contributed by atoms with Crippen LogP contribution in [0.4, 0.5) is 0 Å². The highest BCUT2D eigenvalue weighted by Gasteiger charge is 2.27. The molecule has 0 aliphatic rings. The summed E-state index contributed by atoms with van der Waals surface area (Å²) in [5.74, 6) is -2.52. The van der Waals surface area contributed by atoms with Crippen LogP contribution in [0.1, 0.15) is 282 Å². The number of carboxylic acids is 2. The van der Waals surface area contributed by atoms with Crippen LogP contribution < -0.4 is 10.2 Å². The molecule has 406 valence electrons. The Kier molecular flexibility index (Phi) is 46.6. The molecule has 0 saturated carbocycles. The van der Waals surface area contributed by atoms with Crippen molar-refractivity contribution < 1.29 is 28.8 Å². The number of carbonyl (C=O) groups is 2. The van der Waals surface area contributed by atoms with Gasteiger partial charge in [-0.05, 0) is 115 Å². The van der Waals surface area contributed by atoms with E-state index in [1.165, 1.54) is 279 Å². The number of quaternary nitrogens is 2. The smallest absolute Gasteiger partial charge is 0.0786 e. The standard InChI is InChI=1S/2C24H52N.C14H10O4S2/c2*1-5-9-13-17-21-25(22-18-14-10-6-2,23-19-15-11-7-3)24-20-16-12-8-4;15-13(16)9-5-1-3-7-11(9)19-20-12-8-4-2-6-10(12)14(17)18/h2*5-24H2,1-4H3;1-8H,(H,15,16)(H,17,18)/q2*+1;/p-2. The summed E-state index contributed by atoms with van der Waals surface area (Å²) in [6, 6.07) is 12.8. The van der Waals surface area contributed by atoms with Crippen LogP contribution in [0.5, 0.6) is 0 Å². The number of carbonyl (C=O) groups excluding carboxylic acids is 2. The lowest BCUT2D eigenvalue weighted by Gasteiger charge is -2.39. The predicted octanol–water partition coefficient (Wildman–Crippen LogP) is 17.5. The topological polar surface area (TPSA) is 80.3 Å². The van der Waals surface area contributed by atoms with Gasteiger partial charge in [-0.15, -0.1) is 0 Å². The summed E-state index contributed by atoms with van der Waals surface area (Å²) in [6.45, 7) is 30.4. The first-order chi connectivity index (χ1) is 34.1. The number of rotatable bonds is 45. The number of unbranched alkanes of at least 4 members (excludes halogenated alkanes) is 24. The minimum Gasteiger partial charge on any atom is -0.545 e. The van der Waals surface area contributed by atoms with E-state index < -0.39 is 11.9 Å². The number of benzene rings is 2. The zero-order valence-electron chi connectivity index (χ0n) is 47.2. The van der Waals surface area contributed by atoms with Crippen molar-refractivity contribution in [1.82, 2.24) is 0 Å². The summed E-state index contributed by atoms with van der Waals surface area (Å²) in [5, 5.41) is 21.9. The van der Waals surface area contributed by atoms with E-state index in [2.05, 4.69) is 55.4 Å². The Labute approximate surface area is 442 Å². The molecule has 0 saturated heterocycles. The first-order valence-corrected chi connectivity index (χ1v) is 31.9. The second kappa shape index (κ2) is 48.0. The van der Waals surface area contributed by atoms with Crippen LogP contribution in [0.2, 0.25) is 0 Å². The SMILES string of the molecule is CCCCCC[N+](CCCCCC)(CCCCCC)CCCCCC.CCCCCC[N+](CCCCCC)(CCCCCC)CCCCCC.O=C([O-])c1ccccc1SSc1ccccc1C(=O)[O-]. The Morgan fingerprint density at radius 3 is 0.671 bits per heavy atom. The number of hydrogen-bond donors (Lipinski definition) is 0. The highest BCUT2D eigenvalue weighted by molar-refractivity contribution is 8.76. The fraction of sp³-hybridized carbons (Fsp3) is 0.774. The zero-order valence-corrected chi connectivity index (χ0v) is 48.9. The van der Waals surface area contributed by atoms with Gasteiger partial charge >= 0.3 is 0 Å². The van der Waals surface area contributed by atoms with Crippen LogP contribution in [0.25, 0.3) is 0 Å². The normalized spacial score (nSPS) is 11.5. The summed E-state index contributed by atoms with van der Waals surface area (Å²) >= 11 is 0. The predicted molar refractivity (Wildman–Crippen MR) is 306 cm³/mol. The van der Waals surface area contributed by atoms with Gasteiger partial charge in [0.2, 0.25) is 0 Å². The highest BCUT2D eigenvalue weighted by Crippen LogP contribution is 2.40. The number of hydrogen-bond acceptors (Lipinski definition) is 6. The molecular formula is C62H112N2O4S2. The van der Waals surface area contributed by atoms with Gasteiger partial charge in [0.1, 0.15) is 0 Å². The van der Waals surface area contributed by atoms with Crippen LogP contribution in [0.3, 0.4) is 0 Å². The van der Waals surface area contributed by atoms with E-state index in [-0.39, 0.29) is 11.1 Å². The van der Waals surface area contributed by atoms with Gasteiger partial charge in [-0.1, -0.05) is 216 Å². The number of carboxylic acid groups (broad SMARTS) is 2. The molecule has 0 aliphatic heterocycles. The van der Waals surface area contributed by atoms with E-state index in [1.54, 1.807) is 36.4 Å². The van der Waals surface area contributed by atoms with Gasteiger partial charge in [0.05, 0.1) is 64.3 Å². The molecule has 0 unspecified atom stereocenters. The van der Waals surface area contributed by atoms with Crippen LogP contribution in [-0.4, -0.2) is 73.3 Å². The monoisotopic (exact) mass is 1010 g/mol. The summed E-state index contributed by atoms with van der Waals surface area (Å²) < 4.78 is 2.92. The summed E-state index contributed by atoms with van der Waals surface area (Å²) in [7, 11) is 2.33. The molecule has 0 fully saturated rings. The Balaban J connectivity index is 0.00000103. The largest absolute Gasteiger partial charge is 0.545 e. The van der Waals surface area contributed by atoms with E-state index >= 15 is 0 Å². The van der Waals surface area contributed by atoms with Gasteiger partial charge in [-0.2, -0.15) is 0 Å². The fourth-order valence-corrected chi connectivity index (χ4v) is 12.2. The minimum atomic E-state index is -1.26. The van der Waals surface area contributed by atoms with E-state index in [0.29, 0.717) is 9.79 Å². The van der Waals surface area contributed by atoms with Gasteiger partial charge < -0.3 is 28.8 Å². The van der Waals surface area contributed by atoms with Gasteiger partial charge in [-0.25, -0.2) is 0 Å². The molecule has 0 N–H and O–H groups in total. The fourth-order valence-electron chi connectivity index (χ4n) is 9.84. The number of nitrogens with zero attached hydrogens (tertiary/aromatic N) is 2. The Morgan fingerprint density at radius 2 is 0.500 bits per heavy atom. The lowest BCUT2D eigenvalue weighted by molar-refractivity contribution is -0.929. The maximum absolute atomic E-state index is 11.0. The minimum absolute atomic E-state index is 0.0796. The maximum Gasteiger partial charge on any atom is 0.0786 e. The zero-order chi connectivity index (χ0) is 51.8. The van der Waals surface area contributed by atoms with Gasteiger partial charge in [0, 0.05) is 20.9 Å². The molecule has 0 heterocycles. The van der Waals surface area contributed by atoms with Crippen molar-refractivity contribution in [2.24, 2.45) is 0 Å². The first kappa shape index (κ1) is 68.0. The molecule has 0 radical (unpaired) electrons. The molecule has 0 bridgehead atoms.